The van der Waals surface area contributed by atoms with Crippen LogP contribution in [0.2, 0.25) is 0 Å². The lowest BCUT2D eigenvalue weighted by Crippen LogP contribution is -2.68. The van der Waals surface area contributed by atoms with Crippen LogP contribution >= 0.6 is 13.3 Å². The van der Waals surface area contributed by atoms with Gasteiger partial charge in [0.1, 0.15) is 171 Å². The zero-order valence-corrected chi connectivity index (χ0v) is 62.0. The van der Waals surface area contributed by atoms with E-state index in [1.54, 1.807) is 97.7 Å². The van der Waals surface area contributed by atoms with Crippen LogP contribution in [0.3, 0.4) is 0 Å². The van der Waals surface area contributed by atoms with Crippen molar-refractivity contribution in [3.63, 3.8) is 0 Å². The quantitative estimate of drug-likeness (QED) is 0.0460. The van der Waals surface area contributed by atoms with Gasteiger partial charge in [-0.3, -0.25) is 0 Å². The molecule has 0 radical (unpaired) electrons. The zero-order chi connectivity index (χ0) is 77.5. The molecule has 0 amide bonds. The molecule has 2 aromatic carbocycles. The predicted octanol–water partition coefficient (Wildman–Crippen LogP) is -7.62. The fourth-order valence-electron chi connectivity index (χ4n) is 13.7. The second-order valence-electron chi connectivity index (χ2n) is 26.6. The van der Waals surface area contributed by atoms with Gasteiger partial charge in [0, 0.05) is 26.2 Å². The fourth-order valence-corrected chi connectivity index (χ4v) is 19.3. The molecule has 2 unspecified atom stereocenters. The van der Waals surface area contributed by atoms with Crippen LogP contribution in [-0.4, -0.2) is 394 Å². The number of hydrogen-bond donors (Lipinski definition) is 19. The SMILES string of the molecule is CCN(CC)P(=S)(OCc1ccccc1)OC[C@H]1O[C@@H]2O[C@H]3[C@H](O)[C@@H](O)[C@@H](O[C@H]4[C@H](O)[C@@H](O)[C@@H](O[C@H]5[C@H](O)[C@@H](O)[C@@H](O[C@H]6[C@H](O)[C@@H](O)[C@@H](O[C@H]7[C@H](O)[C@@H](O)[C@@H](O[C@H]8[C@H](O)[C@@H](O)[C@@H](O[C@H]1[C@H](O)[C@H]2O)O[C@@H]8CO)O[C@@H]7CO)O[C@@H]6CO)O[C@@H]5CO)O[C@@H]4CO)O[C@@H]3COP(=S)(OCc1ccccc1)N(CC)CC. The summed E-state index contributed by atoms with van der Waals surface area (Å²) in [5, 5.41) is 220. The first-order chi connectivity index (χ1) is 51.1. The number of rotatable bonds is 23. The molecule has 2 aromatic rings. The second kappa shape index (κ2) is 39.2. The maximum atomic E-state index is 12.5. The van der Waals surface area contributed by atoms with E-state index in [4.69, 9.17) is 108 Å². The number of benzene rings is 2. The van der Waals surface area contributed by atoms with Crippen LogP contribution in [0.5, 0.6) is 0 Å². The van der Waals surface area contributed by atoms with Gasteiger partial charge in [0.2, 0.25) is 0 Å². The third-order valence-electron chi connectivity index (χ3n) is 19.9. The summed E-state index contributed by atoms with van der Waals surface area (Å²) >= 11 is 12.4. The molecule has 19 N–H and O–H groups in total. The van der Waals surface area contributed by atoms with Crippen LogP contribution in [0.1, 0.15) is 38.8 Å². The van der Waals surface area contributed by atoms with Crippen LogP contribution in [0.25, 0.3) is 0 Å². The molecule has 612 valence electrons. The average Bonchev–Trinajstić information content (AvgIpc) is 0.881. The van der Waals surface area contributed by atoms with E-state index in [9.17, 15) is 97.0 Å². The van der Waals surface area contributed by atoms with Crippen molar-refractivity contribution >= 4 is 36.9 Å². The Morgan fingerprint density at radius 3 is 0.654 bits per heavy atom. The first-order valence-electron chi connectivity index (χ1n) is 35.3. The van der Waals surface area contributed by atoms with Crippen molar-refractivity contribution < 1.29 is 181 Å². The summed E-state index contributed by atoms with van der Waals surface area (Å²) in [5.74, 6) is 0. The molecular weight excluding hydrogens is 1510 g/mol. The molecule has 21 saturated heterocycles. The highest BCUT2D eigenvalue weighted by atomic mass is 32.5. The molecule has 21 aliphatic heterocycles. The van der Waals surface area contributed by atoms with Gasteiger partial charge in [0.25, 0.3) is 13.3 Å². The second-order valence-corrected chi connectivity index (χ2v) is 33.4. The number of aliphatic hydroxyl groups excluding tert-OH is 19. The molecular formula is C64H102N2O37P2S2. The van der Waals surface area contributed by atoms with E-state index in [1.807, 2.05) is 0 Å². The third-order valence-corrected chi connectivity index (χ3v) is 26.9. The summed E-state index contributed by atoms with van der Waals surface area (Å²) < 4.78 is 114. The number of hydrogen-bond acceptors (Lipinski definition) is 39. The van der Waals surface area contributed by atoms with E-state index in [2.05, 4.69) is 0 Å². The summed E-state index contributed by atoms with van der Waals surface area (Å²) in [6, 6.07) is 17.8. The Kier molecular flexibility index (Phi) is 32.1. The molecule has 43 heteroatoms. The van der Waals surface area contributed by atoms with Gasteiger partial charge in [0.05, 0.1) is 59.5 Å². The van der Waals surface area contributed by atoms with E-state index in [1.165, 1.54) is 0 Å². The van der Waals surface area contributed by atoms with Gasteiger partial charge < -0.3 is 181 Å². The highest BCUT2D eigenvalue weighted by molar-refractivity contribution is 8.09. The topological polar surface area (TPSA) is 557 Å². The highest BCUT2D eigenvalue weighted by Crippen LogP contribution is 2.55. The lowest BCUT2D eigenvalue weighted by Gasteiger charge is -2.50. The Balaban J connectivity index is 1.02. The maximum absolute atomic E-state index is 12.5. The standard InChI is InChI=1S/C64H102N2O37P2S2/c1-5-65(6-2)104(106,86-24-28-15-11-9-12-16-28)88-26-35-56-43(78)50(85)64(96-35)103-57-36(27-89-105(107,66(7-3)8-4)87-25-29-17-13-10-14-18-29)95-63(49(84)42(57)77)101-55-34(23-71)93-61(47(82)40(55)75)99-53-32(21-69)91-59(45(80)38(53)73)97-51-30(19-67)90-58(44(79)37(51)72)98-52-31(20-68)92-60(46(81)39(52)74)100-54-33(22-70)94-62(102-56)48(83)41(54)76/h9-18,30-64,67-85H,5-8,19-27H2,1-4H3/t30-,31-,32-,33-,34-,35-,36-,37-,38-,39-,40-,41-,42-,43-,44-,45-,46-,47-,48-,49-,50-,51-,52-,53-,54-,55-,56-,57-,58-,59-,60-,61-,62-,63-,64-,104?,105?/m1/s1. The van der Waals surface area contributed by atoms with Gasteiger partial charge in [-0.2, -0.15) is 0 Å². The van der Waals surface area contributed by atoms with E-state index in [0.29, 0.717) is 11.1 Å². The minimum absolute atomic E-state index is 0.0692. The van der Waals surface area contributed by atoms with Crippen molar-refractivity contribution in [2.45, 2.75) is 256 Å². The Hall–Kier alpha value is -1.82. The van der Waals surface area contributed by atoms with Crippen LogP contribution < -0.4 is 0 Å². The first kappa shape index (κ1) is 87.6. The summed E-state index contributed by atoms with van der Waals surface area (Å²) in [6.45, 7) is -6.03. The number of ether oxygens (including phenoxy) is 14. The Bertz CT molecular complexity index is 3020. The Morgan fingerprint density at radius 1 is 0.280 bits per heavy atom. The zero-order valence-electron chi connectivity index (χ0n) is 58.6. The summed E-state index contributed by atoms with van der Waals surface area (Å²) in [4.78, 5) is 0. The average molecular weight is 1620 g/mol. The van der Waals surface area contributed by atoms with Gasteiger partial charge >= 0.3 is 0 Å². The van der Waals surface area contributed by atoms with Crippen LogP contribution in [0, 0.1) is 0 Å². The van der Waals surface area contributed by atoms with Crippen molar-refractivity contribution in [3.05, 3.63) is 71.8 Å². The Labute approximate surface area is 625 Å². The molecule has 23 rings (SSSR count). The molecule has 107 heavy (non-hydrogen) atoms. The molecule has 21 heterocycles. The van der Waals surface area contributed by atoms with Gasteiger partial charge in [0.15, 0.2) is 44.0 Å². The molecule has 0 aliphatic carbocycles. The molecule has 0 spiro atoms. The van der Waals surface area contributed by atoms with Crippen molar-refractivity contribution in [3.8, 4) is 0 Å². The van der Waals surface area contributed by atoms with Gasteiger partial charge in [-0.05, 0) is 34.7 Å². The minimum atomic E-state index is -3.66. The van der Waals surface area contributed by atoms with Crippen molar-refractivity contribution in [1.82, 2.24) is 9.34 Å². The van der Waals surface area contributed by atoms with Gasteiger partial charge in [-0.25, -0.2) is 9.34 Å². The number of nitrogens with zero attached hydrogens (tertiary/aromatic N) is 2. The lowest BCUT2D eigenvalue weighted by molar-refractivity contribution is -0.396. The molecule has 39 nitrogen and oxygen atoms in total. The van der Waals surface area contributed by atoms with E-state index < -0.39 is 274 Å². The summed E-state index contributed by atoms with van der Waals surface area (Å²) in [6.07, 6.45) is -72.1. The van der Waals surface area contributed by atoms with Crippen molar-refractivity contribution in [2.24, 2.45) is 0 Å². The van der Waals surface area contributed by atoms with Crippen molar-refractivity contribution in [1.29, 1.82) is 0 Å². The molecule has 21 fully saturated rings. The molecule has 14 bridgehead atoms. The van der Waals surface area contributed by atoms with Crippen LogP contribution in [-0.2, 0) is 121 Å². The number of aliphatic hydroxyl groups is 19. The molecule has 37 atom stereocenters. The normalized spacial score (nSPS) is 44.4. The molecule has 0 aromatic heterocycles. The molecule has 21 aliphatic rings. The monoisotopic (exact) mass is 1620 g/mol. The van der Waals surface area contributed by atoms with Crippen LogP contribution in [0.4, 0.5) is 0 Å². The van der Waals surface area contributed by atoms with Crippen LogP contribution in [0.15, 0.2) is 60.7 Å². The fraction of sp³-hybridized carbons (Fsp3) is 0.812. The van der Waals surface area contributed by atoms with E-state index in [-0.39, 0.29) is 39.4 Å². The maximum Gasteiger partial charge on any atom is 0.264 e. The van der Waals surface area contributed by atoms with Gasteiger partial charge in [-0.1, -0.05) is 88.4 Å². The smallest absolute Gasteiger partial charge is 0.264 e. The summed E-state index contributed by atoms with van der Waals surface area (Å²) in [7, 11) is 0. The van der Waals surface area contributed by atoms with Gasteiger partial charge in [-0.15, -0.1) is 0 Å². The minimum Gasteiger partial charge on any atom is -0.394 e. The molecule has 0 saturated carbocycles. The summed E-state index contributed by atoms with van der Waals surface area (Å²) in [5.41, 5.74) is 1.39. The highest BCUT2D eigenvalue weighted by Gasteiger charge is 2.60. The van der Waals surface area contributed by atoms with Crippen molar-refractivity contribution in [2.75, 3.05) is 72.4 Å². The first-order valence-corrected chi connectivity index (χ1v) is 40.4. The Morgan fingerprint density at radius 2 is 0.467 bits per heavy atom. The van der Waals surface area contributed by atoms with E-state index in [0.717, 1.165) is 0 Å². The largest absolute Gasteiger partial charge is 0.394 e. The lowest BCUT2D eigenvalue weighted by atomic mass is 9.95. The van der Waals surface area contributed by atoms with E-state index >= 15 is 0 Å². The third kappa shape index (κ3) is 19.5. The predicted molar refractivity (Wildman–Crippen MR) is 363 cm³/mol.